The van der Waals surface area contributed by atoms with Crippen LogP contribution in [-0.4, -0.2) is 15.1 Å². The van der Waals surface area contributed by atoms with E-state index < -0.39 is 6.10 Å². The van der Waals surface area contributed by atoms with E-state index in [2.05, 4.69) is 9.97 Å². The Balaban J connectivity index is 1.85. The van der Waals surface area contributed by atoms with E-state index in [0.29, 0.717) is 6.42 Å². The third-order valence-corrected chi connectivity index (χ3v) is 4.38. The highest BCUT2D eigenvalue weighted by molar-refractivity contribution is 7.18. The van der Waals surface area contributed by atoms with E-state index in [1.54, 1.807) is 17.5 Å². The normalized spacial score (nSPS) is 13.0. The molecule has 0 aliphatic heterocycles. The number of hydrogen-bond acceptors (Lipinski definition) is 5. The van der Waals surface area contributed by atoms with Gasteiger partial charge in [0.1, 0.15) is 11.1 Å². The van der Waals surface area contributed by atoms with E-state index in [4.69, 9.17) is 0 Å². The van der Waals surface area contributed by atoms with E-state index in [-0.39, 0.29) is 0 Å². The predicted molar refractivity (Wildman–Crippen MR) is 70.4 cm³/mol. The highest BCUT2D eigenvalue weighted by atomic mass is 32.1. The molecule has 5 heteroatoms. The van der Waals surface area contributed by atoms with Crippen molar-refractivity contribution in [2.45, 2.75) is 12.5 Å². The molecule has 3 aromatic rings. The second kappa shape index (κ2) is 4.52. The average molecular weight is 262 g/mol. The fraction of sp³-hybridized carbons (Fsp3) is 0.167. The third-order valence-electron chi connectivity index (χ3n) is 2.44. The van der Waals surface area contributed by atoms with Crippen molar-refractivity contribution in [3.8, 4) is 0 Å². The van der Waals surface area contributed by atoms with Gasteiger partial charge >= 0.3 is 0 Å². The van der Waals surface area contributed by atoms with Crippen LogP contribution in [0.5, 0.6) is 0 Å². The van der Waals surface area contributed by atoms with Crippen LogP contribution in [0, 0.1) is 0 Å². The molecule has 0 aliphatic carbocycles. The lowest BCUT2D eigenvalue weighted by Gasteiger charge is -2.03. The Morgan fingerprint density at radius 2 is 2.18 bits per heavy atom. The lowest BCUT2D eigenvalue weighted by molar-refractivity contribution is 0.178. The number of rotatable bonds is 3. The van der Waals surface area contributed by atoms with Crippen LogP contribution in [0.3, 0.4) is 0 Å². The van der Waals surface area contributed by atoms with Gasteiger partial charge < -0.3 is 5.11 Å². The molecule has 3 rings (SSSR count). The Labute approximate surface area is 106 Å². The first-order chi connectivity index (χ1) is 8.33. The molecule has 0 amide bonds. The lowest BCUT2D eigenvalue weighted by Crippen LogP contribution is -2.00. The summed E-state index contributed by atoms with van der Waals surface area (Å²) in [7, 11) is 0. The van der Waals surface area contributed by atoms with Gasteiger partial charge in [0, 0.05) is 18.0 Å². The van der Waals surface area contributed by atoms with Crippen molar-refractivity contribution in [3.05, 3.63) is 45.9 Å². The standard InChI is InChI=1S/C12H10N2OS2/c15-9(12-13-5-6-16-12)7-11-14-8-3-1-2-4-10(8)17-11/h1-6,9,15H,7H2. The van der Waals surface area contributed by atoms with Crippen LogP contribution in [0.4, 0.5) is 0 Å². The number of nitrogens with zero attached hydrogens (tertiary/aromatic N) is 2. The van der Waals surface area contributed by atoms with Crippen molar-refractivity contribution < 1.29 is 5.11 Å². The van der Waals surface area contributed by atoms with Crippen molar-refractivity contribution in [2.24, 2.45) is 0 Å². The van der Waals surface area contributed by atoms with E-state index in [1.165, 1.54) is 11.3 Å². The van der Waals surface area contributed by atoms with Gasteiger partial charge in [0.25, 0.3) is 0 Å². The molecule has 1 atom stereocenters. The van der Waals surface area contributed by atoms with Crippen LogP contribution in [0.1, 0.15) is 16.1 Å². The van der Waals surface area contributed by atoms with Crippen LogP contribution in [0.15, 0.2) is 35.8 Å². The van der Waals surface area contributed by atoms with Gasteiger partial charge in [-0.15, -0.1) is 22.7 Å². The minimum absolute atomic E-state index is 0.535. The summed E-state index contributed by atoms with van der Waals surface area (Å²) in [5.41, 5.74) is 0.999. The topological polar surface area (TPSA) is 46.0 Å². The Hall–Kier alpha value is -1.30. The molecule has 2 heterocycles. The molecule has 1 aromatic carbocycles. The molecular weight excluding hydrogens is 252 g/mol. The number of benzene rings is 1. The minimum Gasteiger partial charge on any atom is -0.385 e. The highest BCUT2D eigenvalue weighted by Crippen LogP contribution is 2.26. The third kappa shape index (κ3) is 2.22. The van der Waals surface area contributed by atoms with Crippen LogP contribution < -0.4 is 0 Å². The summed E-state index contributed by atoms with van der Waals surface area (Å²) in [6.07, 6.45) is 1.70. The largest absolute Gasteiger partial charge is 0.385 e. The van der Waals surface area contributed by atoms with Gasteiger partial charge in [-0.3, -0.25) is 0 Å². The zero-order chi connectivity index (χ0) is 11.7. The fourth-order valence-electron chi connectivity index (χ4n) is 1.66. The van der Waals surface area contributed by atoms with E-state index >= 15 is 0 Å². The van der Waals surface area contributed by atoms with Gasteiger partial charge in [0.05, 0.1) is 15.2 Å². The highest BCUT2D eigenvalue weighted by Gasteiger charge is 2.13. The second-order valence-electron chi connectivity index (χ2n) is 3.67. The number of aliphatic hydroxyl groups is 1. The van der Waals surface area contributed by atoms with Crippen molar-refractivity contribution in [3.63, 3.8) is 0 Å². The summed E-state index contributed by atoms with van der Waals surface area (Å²) in [4.78, 5) is 8.61. The monoisotopic (exact) mass is 262 g/mol. The number of hydrogen-bond donors (Lipinski definition) is 1. The zero-order valence-corrected chi connectivity index (χ0v) is 10.5. The van der Waals surface area contributed by atoms with Crippen molar-refractivity contribution >= 4 is 32.9 Å². The first-order valence-corrected chi connectivity index (χ1v) is 6.94. The van der Waals surface area contributed by atoms with Gasteiger partial charge in [0.2, 0.25) is 0 Å². The first kappa shape index (κ1) is 10.8. The summed E-state index contributed by atoms with van der Waals surface area (Å²) in [6, 6.07) is 8.02. The maximum absolute atomic E-state index is 10.0. The SMILES string of the molecule is OC(Cc1nc2ccccc2s1)c1nccs1. The van der Waals surface area contributed by atoms with E-state index in [0.717, 1.165) is 20.2 Å². The molecule has 3 nitrogen and oxygen atoms in total. The second-order valence-corrected chi connectivity index (χ2v) is 5.71. The minimum atomic E-state index is -0.546. The Bertz CT molecular complexity index is 585. The number of aliphatic hydroxyl groups excluding tert-OH is 1. The predicted octanol–water partition coefficient (Wildman–Crippen LogP) is 3.03. The molecule has 2 aromatic heterocycles. The molecule has 0 aliphatic rings. The molecule has 0 bridgehead atoms. The molecule has 17 heavy (non-hydrogen) atoms. The van der Waals surface area contributed by atoms with Crippen LogP contribution in [0.2, 0.25) is 0 Å². The maximum atomic E-state index is 10.0. The van der Waals surface area contributed by atoms with Crippen LogP contribution in [0.25, 0.3) is 10.2 Å². The quantitative estimate of drug-likeness (QED) is 0.789. The maximum Gasteiger partial charge on any atom is 0.122 e. The van der Waals surface area contributed by atoms with Crippen LogP contribution in [-0.2, 0) is 6.42 Å². The Morgan fingerprint density at radius 3 is 2.94 bits per heavy atom. The molecule has 1 unspecified atom stereocenters. The molecule has 86 valence electrons. The first-order valence-electron chi connectivity index (χ1n) is 5.25. The Kier molecular flexibility index (Phi) is 2.88. The lowest BCUT2D eigenvalue weighted by atomic mass is 10.3. The van der Waals surface area contributed by atoms with Gasteiger partial charge in [-0.05, 0) is 12.1 Å². The summed E-state index contributed by atoms with van der Waals surface area (Å²) >= 11 is 3.10. The van der Waals surface area contributed by atoms with Gasteiger partial charge in [-0.1, -0.05) is 12.1 Å². The summed E-state index contributed by atoms with van der Waals surface area (Å²) in [5.74, 6) is 0. The molecule has 0 saturated heterocycles. The van der Waals surface area contributed by atoms with Crippen molar-refractivity contribution in [1.29, 1.82) is 0 Å². The zero-order valence-electron chi connectivity index (χ0n) is 8.91. The van der Waals surface area contributed by atoms with Gasteiger partial charge in [-0.25, -0.2) is 9.97 Å². The molecule has 0 radical (unpaired) electrons. The summed E-state index contributed by atoms with van der Waals surface area (Å²) in [5, 5.41) is 13.6. The number of fused-ring (bicyclic) bond motifs is 1. The van der Waals surface area contributed by atoms with E-state index in [1.807, 2.05) is 29.6 Å². The van der Waals surface area contributed by atoms with Gasteiger partial charge in [0.15, 0.2) is 0 Å². The summed E-state index contributed by atoms with van der Waals surface area (Å²) in [6.45, 7) is 0. The number of para-hydroxylation sites is 1. The van der Waals surface area contributed by atoms with Gasteiger partial charge in [-0.2, -0.15) is 0 Å². The molecular formula is C12H10N2OS2. The fourth-order valence-corrected chi connectivity index (χ4v) is 3.29. The van der Waals surface area contributed by atoms with Crippen molar-refractivity contribution in [1.82, 2.24) is 9.97 Å². The summed E-state index contributed by atoms with van der Waals surface area (Å²) < 4.78 is 1.16. The van der Waals surface area contributed by atoms with E-state index in [9.17, 15) is 5.11 Å². The molecule has 0 spiro atoms. The van der Waals surface area contributed by atoms with Crippen molar-refractivity contribution in [2.75, 3.05) is 0 Å². The Morgan fingerprint density at radius 1 is 1.29 bits per heavy atom. The average Bonchev–Trinajstić information content (AvgIpc) is 2.97. The molecule has 1 N–H and O–H groups in total. The number of thiazole rings is 2. The molecule has 0 fully saturated rings. The number of aromatic nitrogens is 2. The smallest absolute Gasteiger partial charge is 0.122 e. The van der Waals surface area contributed by atoms with Crippen LogP contribution >= 0.6 is 22.7 Å². The molecule has 0 saturated carbocycles.